The molecule has 1 aliphatic carbocycles. The molecule has 4 rings (SSSR count). The van der Waals surface area contributed by atoms with E-state index in [1.54, 1.807) is 0 Å². The molecule has 1 aliphatic rings. The van der Waals surface area contributed by atoms with Crippen LogP contribution in [-0.2, 0) is 0 Å². The van der Waals surface area contributed by atoms with Crippen molar-refractivity contribution < 1.29 is 0 Å². The Morgan fingerprint density at radius 1 is 1.17 bits per heavy atom. The zero-order valence-corrected chi connectivity index (χ0v) is 12.9. The van der Waals surface area contributed by atoms with Crippen molar-refractivity contribution in [1.82, 2.24) is 25.1 Å². The van der Waals surface area contributed by atoms with Crippen LogP contribution in [0.15, 0.2) is 42.9 Å². The highest BCUT2D eigenvalue weighted by atomic mass is 15.3. The van der Waals surface area contributed by atoms with Crippen LogP contribution in [0.3, 0.4) is 0 Å². The number of para-hydroxylation sites is 2. The minimum absolute atomic E-state index is 0.465. The van der Waals surface area contributed by atoms with E-state index >= 15 is 0 Å². The van der Waals surface area contributed by atoms with Gasteiger partial charge in [-0.15, -0.1) is 0 Å². The van der Waals surface area contributed by atoms with Crippen LogP contribution in [0.4, 0.5) is 0 Å². The number of aromatic nitrogens is 4. The van der Waals surface area contributed by atoms with Crippen molar-refractivity contribution in [3.8, 4) is 11.3 Å². The average molecular weight is 308 g/mol. The first kappa shape index (κ1) is 14.3. The SMILES string of the molecule is NCCNC1CC(n2cc(-c3cnc4ccccc4n3)cn2)C1. The summed E-state index contributed by atoms with van der Waals surface area (Å²) in [4.78, 5) is 9.15. The third kappa shape index (κ3) is 2.83. The summed E-state index contributed by atoms with van der Waals surface area (Å²) in [5.74, 6) is 0. The lowest BCUT2D eigenvalue weighted by atomic mass is 9.87. The van der Waals surface area contributed by atoms with Gasteiger partial charge in [0, 0.05) is 30.9 Å². The lowest BCUT2D eigenvalue weighted by Crippen LogP contribution is -2.44. The molecule has 0 bridgehead atoms. The maximum absolute atomic E-state index is 5.52. The molecule has 3 aromatic rings. The third-order valence-electron chi connectivity index (χ3n) is 4.41. The monoisotopic (exact) mass is 308 g/mol. The standard InChI is InChI=1S/C17H20N6/c18-5-6-19-13-7-14(8-13)23-11-12(9-21-23)17-10-20-15-3-1-2-4-16(15)22-17/h1-4,9-11,13-14,19H,5-8,18H2. The van der Waals surface area contributed by atoms with E-state index in [-0.39, 0.29) is 0 Å². The van der Waals surface area contributed by atoms with Crippen molar-refractivity contribution >= 4 is 11.0 Å². The highest BCUT2D eigenvalue weighted by Crippen LogP contribution is 2.32. The molecule has 6 nitrogen and oxygen atoms in total. The van der Waals surface area contributed by atoms with E-state index in [1.807, 2.05) is 41.3 Å². The predicted octanol–water partition coefficient (Wildman–Crippen LogP) is 1.75. The van der Waals surface area contributed by atoms with Crippen LogP contribution in [0.2, 0.25) is 0 Å². The number of hydrogen-bond donors (Lipinski definition) is 2. The summed E-state index contributed by atoms with van der Waals surface area (Å²) in [6.45, 7) is 1.57. The fraction of sp³-hybridized carbons (Fsp3) is 0.353. The van der Waals surface area contributed by atoms with Crippen LogP contribution in [0.5, 0.6) is 0 Å². The molecule has 2 aromatic heterocycles. The summed E-state index contributed by atoms with van der Waals surface area (Å²) in [5.41, 5.74) is 9.22. The Bertz CT molecular complexity index is 805. The molecule has 0 unspecified atom stereocenters. The first-order chi connectivity index (χ1) is 11.3. The first-order valence-corrected chi connectivity index (χ1v) is 8.03. The summed E-state index contributed by atoms with van der Waals surface area (Å²) in [6, 6.07) is 8.94. The van der Waals surface area contributed by atoms with Gasteiger partial charge in [-0.25, -0.2) is 4.98 Å². The van der Waals surface area contributed by atoms with Crippen LogP contribution in [0.25, 0.3) is 22.3 Å². The van der Waals surface area contributed by atoms with Gasteiger partial charge in [0.25, 0.3) is 0 Å². The lowest BCUT2D eigenvalue weighted by Gasteiger charge is -2.36. The maximum Gasteiger partial charge on any atom is 0.0924 e. The fourth-order valence-electron chi connectivity index (χ4n) is 3.02. The highest BCUT2D eigenvalue weighted by molar-refractivity contribution is 5.76. The first-order valence-electron chi connectivity index (χ1n) is 8.03. The Balaban J connectivity index is 1.49. The van der Waals surface area contributed by atoms with Crippen LogP contribution in [-0.4, -0.2) is 38.9 Å². The van der Waals surface area contributed by atoms with Gasteiger partial charge in [-0.1, -0.05) is 12.1 Å². The van der Waals surface area contributed by atoms with Crippen molar-refractivity contribution in [3.05, 3.63) is 42.9 Å². The van der Waals surface area contributed by atoms with E-state index in [4.69, 9.17) is 5.73 Å². The zero-order valence-electron chi connectivity index (χ0n) is 12.9. The summed E-state index contributed by atoms with van der Waals surface area (Å²) in [5, 5.41) is 7.94. The largest absolute Gasteiger partial charge is 0.329 e. The molecule has 1 saturated carbocycles. The van der Waals surface area contributed by atoms with Crippen LogP contribution in [0.1, 0.15) is 18.9 Å². The van der Waals surface area contributed by atoms with Crippen molar-refractivity contribution in [3.63, 3.8) is 0 Å². The highest BCUT2D eigenvalue weighted by Gasteiger charge is 2.30. The second kappa shape index (κ2) is 6.06. The molecule has 118 valence electrons. The number of hydrogen-bond acceptors (Lipinski definition) is 5. The van der Waals surface area contributed by atoms with Gasteiger partial charge in [-0.2, -0.15) is 5.10 Å². The predicted molar refractivity (Wildman–Crippen MR) is 89.9 cm³/mol. The topological polar surface area (TPSA) is 81.6 Å². The van der Waals surface area contributed by atoms with E-state index in [2.05, 4.69) is 26.6 Å². The van der Waals surface area contributed by atoms with E-state index in [1.165, 1.54) is 0 Å². The van der Waals surface area contributed by atoms with Crippen LogP contribution in [0, 0.1) is 0 Å². The third-order valence-corrected chi connectivity index (χ3v) is 4.41. The van der Waals surface area contributed by atoms with Gasteiger partial charge in [0.1, 0.15) is 0 Å². The number of fused-ring (bicyclic) bond motifs is 1. The van der Waals surface area contributed by atoms with Crippen LogP contribution >= 0.6 is 0 Å². The quantitative estimate of drug-likeness (QED) is 0.750. The normalized spacial score (nSPS) is 20.6. The Labute approximate surface area is 134 Å². The minimum atomic E-state index is 0.465. The molecular formula is C17H20N6. The fourth-order valence-corrected chi connectivity index (χ4v) is 3.02. The molecule has 6 heteroatoms. The molecule has 2 heterocycles. The van der Waals surface area contributed by atoms with Crippen molar-refractivity contribution in [2.75, 3.05) is 13.1 Å². The second-order valence-corrected chi connectivity index (χ2v) is 6.02. The number of rotatable bonds is 5. The number of nitrogens with two attached hydrogens (primary N) is 1. The molecular weight excluding hydrogens is 288 g/mol. The smallest absolute Gasteiger partial charge is 0.0924 e. The lowest BCUT2D eigenvalue weighted by molar-refractivity contribution is 0.212. The van der Waals surface area contributed by atoms with E-state index in [9.17, 15) is 0 Å². The Morgan fingerprint density at radius 3 is 2.83 bits per heavy atom. The molecule has 1 fully saturated rings. The van der Waals surface area contributed by atoms with E-state index < -0.39 is 0 Å². The summed E-state index contributed by atoms with van der Waals surface area (Å²) in [6.07, 6.45) is 7.97. The van der Waals surface area contributed by atoms with Gasteiger partial charge in [0.05, 0.1) is 35.2 Å². The molecule has 3 N–H and O–H groups in total. The Hall–Kier alpha value is -2.31. The Morgan fingerprint density at radius 2 is 2.00 bits per heavy atom. The van der Waals surface area contributed by atoms with Gasteiger partial charge in [0.15, 0.2) is 0 Å². The molecule has 0 spiro atoms. The summed E-state index contributed by atoms with van der Waals surface area (Å²) in [7, 11) is 0. The molecule has 0 saturated heterocycles. The average Bonchev–Trinajstić information content (AvgIpc) is 3.02. The number of nitrogens with one attached hydrogen (secondary N) is 1. The number of nitrogens with zero attached hydrogens (tertiary/aromatic N) is 4. The second-order valence-electron chi connectivity index (χ2n) is 6.02. The maximum atomic E-state index is 5.52. The van der Waals surface area contributed by atoms with Gasteiger partial charge in [-0.3, -0.25) is 9.67 Å². The van der Waals surface area contributed by atoms with E-state index in [0.717, 1.165) is 41.7 Å². The molecule has 0 amide bonds. The molecule has 0 radical (unpaired) electrons. The summed E-state index contributed by atoms with van der Waals surface area (Å²) >= 11 is 0. The van der Waals surface area contributed by atoms with Gasteiger partial charge >= 0.3 is 0 Å². The molecule has 23 heavy (non-hydrogen) atoms. The van der Waals surface area contributed by atoms with Crippen molar-refractivity contribution in [2.45, 2.75) is 24.9 Å². The minimum Gasteiger partial charge on any atom is -0.329 e. The van der Waals surface area contributed by atoms with Crippen molar-refractivity contribution in [1.29, 1.82) is 0 Å². The molecule has 0 atom stereocenters. The van der Waals surface area contributed by atoms with Gasteiger partial charge in [0.2, 0.25) is 0 Å². The number of benzene rings is 1. The summed E-state index contributed by atoms with van der Waals surface area (Å²) < 4.78 is 2.05. The van der Waals surface area contributed by atoms with Gasteiger partial charge < -0.3 is 11.1 Å². The molecule has 0 aliphatic heterocycles. The zero-order chi connectivity index (χ0) is 15.6. The Kier molecular flexibility index (Phi) is 3.77. The van der Waals surface area contributed by atoms with E-state index in [0.29, 0.717) is 18.6 Å². The van der Waals surface area contributed by atoms with Gasteiger partial charge in [-0.05, 0) is 25.0 Å². The molecule has 1 aromatic carbocycles. The van der Waals surface area contributed by atoms with Crippen LogP contribution < -0.4 is 11.1 Å². The van der Waals surface area contributed by atoms with Crippen molar-refractivity contribution in [2.24, 2.45) is 5.73 Å².